The standard InChI is InChI=1S/C24H21N5O2S/c1-16-21(11-12-31-16)22-27-28-24(29(22)15-18-7-4-3-5-8-18)32-17(2)23(30)26-20-10-6-9-19(13-20)14-25/h3-13,17H,15H2,1-2H3,(H,26,30). The van der Waals surface area contributed by atoms with Crippen molar-refractivity contribution in [3.05, 3.63) is 83.8 Å². The lowest BCUT2D eigenvalue weighted by atomic mass is 10.2. The number of benzene rings is 2. The van der Waals surface area contributed by atoms with Gasteiger partial charge in [0.15, 0.2) is 11.0 Å². The molecule has 0 fully saturated rings. The third-order valence-electron chi connectivity index (χ3n) is 4.91. The Balaban J connectivity index is 1.58. The van der Waals surface area contributed by atoms with E-state index in [1.54, 1.807) is 30.5 Å². The van der Waals surface area contributed by atoms with Gasteiger partial charge in [0.25, 0.3) is 0 Å². The second-order valence-corrected chi connectivity index (χ2v) is 8.52. The number of hydrogen-bond acceptors (Lipinski definition) is 6. The Hall–Kier alpha value is -3.83. The van der Waals surface area contributed by atoms with E-state index in [2.05, 4.69) is 21.6 Å². The molecule has 1 unspecified atom stereocenters. The van der Waals surface area contributed by atoms with Crippen LogP contribution in [0.2, 0.25) is 0 Å². The minimum Gasteiger partial charge on any atom is -0.469 e. The van der Waals surface area contributed by atoms with Gasteiger partial charge in [-0.25, -0.2) is 0 Å². The van der Waals surface area contributed by atoms with E-state index in [0.29, 0.717) is 28.8 Å². The van der Waals surface area contributed by atoms with E-state index in [1.807, 2.05) is 54.8 Å². The predicted molar refractivity (Wildman–Crippen MR) is 123 cm³/mol. The van der Waals surface area contributed by atoms with Crippen molar-refractivity contribution in [3.8, 4) is 17.5 Å². The third kappa shape index (κ3) is 4.74. The first-order valence-corrected chi connectivity index (χ1v) is 10.9. The van der Waals surface area contributed by atoms with Crippen LogP contribution in [0.25, 0.3) is 11.4 Å². The van der Waals surface area contributed by atoms with Gasteiger partial charge in [-0.05, 0) is 43.7 Å². The van der Waals surface area contributed by atoms with Crippen LogP contribution >= 0.6 is 11.8 Å². The van der Waals surface area contributed by atoms with Gasteiger partial charge in [0.05, 0.1) is 35.3 Å². The third-order valence-corrected chi connectivity index (χ3v) is 5.99. The molecule has 2 aromatic heterocycles. The number of aromatic nitrogens is 3. The summed E-state index contributed by atoms with van der Waals surface area (Å²) in [6.07, 6.45) is 1.63. The van der Waals surface area contributed by atoms with Gasteiger partial charge in [0, 0.05) is 5.69 Å². The Labute approximate surface area is 190 Å². The molecule has 0 spiro atoms. The molecular weight excluding hydrogens is 422 g/mol. The maximum absolute atomic E-state index is 12.8. The predicted octanol–water partition coefficient (Wildman–Crippen LogP) is 4.89. The molecule has 1 atom stereocenters. The number of nitrogens with one attached hydrogen (secondary N) is 1. The number of nitrogens with zero attached hydrogens (tertiary/aromatic N) is 4. The van der Waals surface area contributed by atoms with Crippen molar-refractivity contribution in [2.24, 2.45) is 0 Å². The number of furan rings is 1. The van der Waals surface area contributed by atoms with Crippen molar-refractivity contribution >= 4 is 23.4 Å². The van der Waals surface area contributed by atoms with E-state index in [9.17, 15) is 4.79 Å². The number of anilines is 1. The average Bonchev–Trinajstić information content (AvgIpc) is 3.40. The second kappa shape index (κ2) is 9.54. The molecule has 1 N–H and O–H groups in total. The highest BCUT2D eigenvalue weighted by atomic mass is 32.2. The van der Waals surface area contributed by atoms with Crippen LogP contribution in [0, 0.1) is 18.3 Å². The summed E-state index contributed by atoms with van der Waals surface area (Å²) in [6, 6.07) is 20.8. The van der Waals surface area contributed by atoms with E-state index >= 15 is 0 Å². The van der Waals surface area contributed by atoms with Gasteiger partial charge in [0.1, 0.15) is 5.76 Å². The molecule has 0 aliphatic rings. The first-order chi connectivity index (χ1) is 15.5. The molecule has 160 valence electrons. The maximum atomic E-state index is 12.8. The molecule has 0 saturated heterocycles. The van der Waals surface area contributed by atoms with Crippen molar-refractivity contribution in [1.29, 1.82) is 5.26 Å². The van der Waals surface area contributed by atoms with E-state index < -0.39 is 5.25 Å². The molecule has 0 radical (unpaired) electrons. The Morgan fingerprint density at radius 3 is 2.72 bits per heavy atom. The molecule has 1 amide bonds. The van der Waals surface area contributed by atoms with Crippen molar-refractivity contribution in [1.82, 2.24) is 14.8 Å². The minimum absolute atomic E-state index is 0.180. The molecule has 2 aromatic carbocycles. The molecule has 4 aromatic rings. The lowest BCUT2D eigenvalue weighted by Crippen LogP contribution is -2.23. The molecule has 32 heavy (non-hydrogen) atoms. The van der Waals surface area contributed by atoms with Crippen molar-refractivity contribution in [2.45, 2.75) is 30.8 Å². The summed E-state index contributed by atoms with van der Waals surface area (Å²) in [4.78, 5) is 12.8. The quantitative estimate of drug-likeness (QED) is 0.409. The highest BCUT2D eigenvalue weighted by Crippen LogP contribution is 2.30. The molecule has 2 heterocycles. The summed E-state index contributed by atoms with van der Waals surface area (Å²) in [5.41, 5.74) is 3.04. The summed E-state index contributed by atoms with van der Waals surface area (Å²) in [7, 11) is 0. The molecule has 7 nitrogen and oxygen atoms in total. The lowest BCUT2D eigenvalue weighted by Gasteiger charge is -2.14. The molecule has 8 heteroatoms. The van der Waals surface area contributed by atoms with Crippen LogP contribution in [0.1, 0.15) is 23.8 Å². The molecular formula is C24H21N5O2S. The number of thioether (sulfide) groups is 1. The summed E-state index contributed by atoms with van der Waals surface area (Å²) in [6.45, 7) is 4.27. The highest BCUT2D eigenvalue weighted by molar-refractivity contribution is 8.00. The number of nitriles is 1. The molecule has 4 rings (SSSR count). The van der Waals surface area contributed by atoms with Gasteiger partial charge in [-0.2, -0.15) is 5.26 Å². The Morgan fingerprint density at radius 1 is 1.19 bits per heavy atom. The number of amides is 1. The van der Waals surface area contributed by atoms with Gasteiger partial charge < -0.3 is 9.73 Å². The van der Waals surface area contributed by atoms with E-state index in [1.165, 1.54) is 11.8 Å². The molecule has 0 bridgehead atoms. The van der Waals surface area contributed by atoms with Crippen LogP contribution in [0.3, 0.4) is 0 Å². The van der Waals surface area contributed by atoms with E-state index in [4.69, 9.17) is 9.68 Å². The first kappa shape index (κ1) is 21.4. The summed E-state index contributed by atoms with van der Waals surface area (Å²) >= 11 is 1.33. The zero-order valence-electron chi connectivity index (χ0n) is 17.6. The smallest absolute Gasteiger partial charge is 0.237 e. The Bertz CT molecular complexity index is 1270. The van der Waals surface area contributed by atoms with Crippen molar-refractivity contribution in [3.63, 3.8) is 0 Å². The van der Waals surface area contributed by atoms with Crippen LogP contribution in [0.4, 0.5) is 5.69 Å². The monoisotopic (exact) mass is 443 g/mol. The SMILES string of the molecule is Cc1occc1-c1nnc(SC(C)C(=O)Nc2cccc(C#N)c2)n1Cc1ccccc1. The van der Waals surface area contributed by atoms with Gasteiger partial charge in [-0.15, -0.1) is 10.2 Å². The van der Waals surface area contributed by atoms with Crippen LogP contribution in [0.15, 0.2) is 76.5 Å². The molecule has 0 aliphatic carbocycles. The zero-order valence-corrected chi connectivity index (χ0v) is 18.5. The van der Waals surface area contributed by atoms with Crippen LogP contribution < -0.4 is 5.32 Å². The fraction of sp³-hybridized carbons (Fsp3) is 0.167. The second-order valence-electron chi connectivity index (χ2n) is 7.21. The summed E-state index contributed by atoms with van der Waals surface area (Å²) < 4.78 is 7.46. The summed E-state index contributed by atoms with van der Waals surface area (Å²) in [5.74, 6) is 1.27. The number of carbonyl (C=O) groups excluding carboxylic acids is 1. The van der Waals surface area contributed by atoms with E-state index in [0.717, 1.165) is 16.9 Å². The Morgan fingerprint density at radius 2 is 2.00 bits per heavy atom. The minimum atomic E-state index is -0.433. The van der Waals surface area contributed by atoms with Crippen molar-refractivity contribution < 1.29 is 9.21 Å². The van der Waals surface area contributed by atoms with Crippen LogP contribution in [-0.2, 0) is 11.3 Å². The number of carbonyl (C=O) groups is 1. The number of rotatable bonds is 7. The topological polar surface area (TPSA) is 96.7 Å². The normalized spacial score (nSPS) is 11.7. The van der Waals surface area contributed by atoms with Crippen LogP contribution in [-0.4, -0.2) is 25.9 Å². The first-order valence-electron chi connectivity index (χ1n) is 10.0. The van der Waals surface area contributed by atoms with Gasteiger partial charge >= 0.3 is 0 Å². The van der Waals surface area contributed by atoms with Gasteiger partial charge in [-0.3, -0.25) is 9.36 Å². The molecule has 0 saturated carbocycles. The number of aryl methyl sites for hydroxylation is 1. The fourth-order valence-corrected chi connectivity index (χ4v) is 4.07. The average molecular weight is 444 g/mol. The maximum Gasteiger partial charge on any atom is 0.237 e. The van der Waals surface area contributed by atoms with Crippen molar-refractivity contribution in [2.75, 3.05) is 5.32 Å². The lowest BCUT2D eigenvalue weighted by molar-refractivity contribution is -0.115. The molecule has 0 aliphatic heterocycles. The largest absolute Gasteiger partial charge is 0.469 e. The van der Waals surface area contributed by atoms with Gasteiger partial charge in [-0.1, -0.05) is 48.2 Å². The Kier molecular flexibility index (Phi) is 6.38. The zero-order chi connectivity index (χ0) is 22.5. The fourth-order valence-electron chi connectivity index (χ4n) is 3.22. The van der Waals surface area contributed by atoms with Crippen LogP contribution in [0.5, 0.6) is 0 Å². The number of hydrogen-bond donors (Lipinski definition) is 1. The summed E-state index contributed by atoms with van der Waals surface area (Å²) in [5, 5.41) is 20.9. The van der Waals surface area contributed by atoms with E-state index in [-0.39, 0.29) is 5.91 Å². The van der Waals surface area contributed by atoms with Gasteiger partial charge in [0.2, 0.25) is 5.91 Å². The highest BCUT2D eigenvalue weighted by Gasteiger charge is 2.22.